The summed E-state index contributed by atoms with van der Waals surface area (Å²) in [6.45, 7) is 16.1. The molecule has 1 aromatic rings. The third kappa shape index (κ3) is 5.47. The number of aliphatic hydroxyl groups is 1. The molecule has 1 aromatic carbocycles. The minimum atomic E-state index is -2.25. The van der Waals surface area contributed by atoms with E-state index < -0.39 is 32.1 Å². The minimum absolute atomic E-state index is 0.0699. The van der Waals surface area contributed by atoms with E-state index in [0.29, 0.717) is 17.9 Å². The lowest BCUT2D eigenvalue weighted by Crippen LogP contribution is -2.60. The number of fused-ring (bicyclic) bond motifs is 1. The van der Waals surface area contributed by atoms with Crippen LogP contribution in [0.25, 0.3) is 0 Å². The molecule has 0 aliphatic carbocycles. The maximum atomic E-state index is 12.3. The Hall–Kier alpha value is -1.77. The summed E-state index contributed by atoms with van der Waals surface area (Å²) in [7, 11) is -2.25. The first kappa shape index (κ1) is 24.5. The first-order valence-electron chi connectivity index (χ1n) is 10.4. The van der Waals surface area contributed by atoms with E-state index in [9.17, 15) is 15.0 Å². The molecule has 2 rings (SSSR count). The maximum absolute atomic E-state index is 12.3. The van der Waals surface area contributed by atoms with Crippen molar-refractivity contribution in [2.45, 2.75) is 83.8 Å². The zero-order valence-corrected chi connectivity index (χ0v) is 20.5. The zero-order valence-electron chi connectivity index (χ0n) is 19.5. The van der Waals surface area contributed by atoms with Gasteiger partial charge in [-0.25, -0.2) is 4.79 Å². The highest BCUT2D eigenvalue weighted by atomic mass is 28.4. The maximum Gasteiger partial charge on any atom is 0.408 e. The second-order valence-electron chi connectivity index (χ2n) is 10.4. The van der Waals surface area contributed by atoms with Crippen molar-refractivity contribution in [1.82, 2.24) is 4.90 Å². The predicted molar refractivity (Wildman–Crippen MR) is 119 cm³/mol. The van der Waals surface area contributed by atoms with Crippen molar-refractivity contribution < 1.29 is 28.9 Å². The molecule has 0 bridgehead atoms. The third-order valence-corrected chi connectivity index (χ3v) is 10.5. The normalized spacial score (nSPS) is 16.3. The largest absolute Gasteiger partial charge is 0.465 e. The lowest BCUT2D eigenvalue weighted by Gasteiger charge is -2.46. The minimum Gasteiger partial charge on any atom is -0.465 e. The van der Waals surface area contributed by atoms with Crippen LogP contribution in [0.3, 0.4) is 0 Å². The Kier molecular flexibility index (Phi) is 7.16. The number of benzene rings is 1. The van der Waals surface area contributed by atoms with Crippen LogP contribution < -0.4 is 9.47 Å². The van der Waals surface area contributed by atoms with Crippen LogP contribution in [-0.4, -0.2) is 60.6 Å². The average molecular weight is 440 g/mol. The van der Waals surface area contributed by atoms with E-state index in [1.165, 1.54) is 4.90 Å². The van der Waals surface area contributed by atoms with E-state index in [2.05, 4.69) is 33.9 Å². The standard InChI is InChI=1S/C22H37NO6Si/c1-21(2,3)23(20(25)26)16(19(13-24)29-30(7,8)22(4,5)6)11-15-9-10-17-18(12-15)28-14-27-17/h9-10,12,16,19,24H,11,13-14H2,1-8H3,(H,25,26)/t16-,19+/m0/s1. The zero-order chi connectivity index (χ0) is 22.9. The van der Waals surface area contributed by atoms with Gasteiger partial charge in [-0.2, -0.15) is 0 Å². The van der Waals surface area contributed by atoms with Crippen molar-refractivity contribution in [3.05, 3.63) is 23.8 Å². The quantitative estimate of drug-likeness (QED) is 0.609. The van der Waals surface area contributed by atoms with E-state index >= 15 is 0 Å². The number of rotatable bonds is 7. The number of ether oxygens (including phenoxy) is 2. The number of nitrogens with zero attached hydrogens (tertiary/aromatic N) is 1. The molecular formula is C22H37NO6Si. The van der Waals surface area contributed by atoms with Gasteiger partial charge in [0, 0.05) is 5.54 Å². The lowest BCUT2D eigenvalue weighted by molar-refractivity contribution is -0.00931. The Morgan fingerprint density at radius 2 is 1.77 bits per heavy atom. The summed E-state index contributed by atoms with van der Waals surface area (Å²) in [5.41, 5.74) is 0.230. The molecule has 8 heteroatoms. The Morgan fingerprint density at radius 1 is 1.17 bits per heavy atom. The number of carboxylic acid groups (broad SMARTS) is 1. The van der Waals surface area contributed by atoms with Crippen LogP contribution in [0.5, 0.6) is 11.5 Å². The topological polar surface area (TPSA) is 88.5 Å². The van der Waals surface area contributed by atoms with Crippen LogP contribution >= 0.6 is 0 Å². The predicted octanol–water partition coefficient (Wildman–Crippen LogP) is 4.49. The van der Waals surface area contributed by atoms with Gasteiger partial charge in [-0.3, -0.25) is 4.90 Å². The molecule has 0 aromatic heterocycles. The van der Waals surface area contributed by atoms with Gasteiger partial charge in [0.1, 0.15) is 0 Å². The monoisotopic (exact) mass is 439 g/mol. The van der Waals surface area contributed by atoms with Gasteiger partial charge in [-0.05, 0) is 63.0 Å². The SMILES string of the molecule is CC(C)(C)N(C(=O)O)[C@@H](Cc1ccc2c(c1)OCO2)[C@@H](CO)O[Si](C)(C)C(C)(C)C. The second-order valence-corrected chi connectivity index (χ2v) is 15.1. The highest BCUT2D eigenvalue weighted by Gasteiger charge is 2.44. The molecule has 0 radical (unpaired) electrons. The molecule has 0 saturated heterocycles. The summed E-state index contributed by atoms with van der Waals surface area (Å²) in [5, 5.41) is 20.3. The molecule has 2 N–H and O–H groups in total. The Morgan fingerprint density at radius 3 is 2.27 bits per heavy atom. The Balaban J connectivity index is 2.44. The molecule has 1 aliphatic rings. The second kappa shape index (κ2) is 8.76. The van der Waals surface area contributed by atoms with Gasteiger partial charge in [-0.1, -0.05) is 26.8 Å². The summed E-state index contributed by atoms with van der Waals surface area (Å²) < 4.78 is 17.4. The van der Waals surface area contributed by atoms with E-state index in [4.69, 9.17) is 13.9 Å². The van der Waals surface area contributed by atoms with Crippen LogP contribution in [0.1, 0.15) is 47.1 Å². The summed E-state index contributed by atoms with van der Waals surface area (Å²) in [5.74, 6) is 1.33. The highest BCUT2D eigenvalue weighted by molar-refractivity contribution is 6.74. The number of carbonyl (C=O) groups is 1. The smallest absolute Gasteiger partial charge is 0.408 e. The van der Waals surface area contributed by atoms with Crippen molar-refractivity contribution >= 4 is 14.4 Å². The van der Waals surface area contributed by atoms with E-state index in [1.54, 1.807) is 0 Å². The van der Waals surface area contributed by atoms with Gasteiger partial charge in [0.2, 0.25) is 6.79 Å². The summed E-state index contributed by atoms with van der Waals surface area (Å²) in [6.07, 6.45) is -1.29. The van der Waals surface area contributed by atoms with Crippen LogP contribution in [-0.2, 0) is 10.8 Å². The fourth-order valence-electron chi connectivity index (χ4n) is 3.42. The van der Waals surface area contributed by atoms with Crippen molar-refractivity contribution in [3.8, 4) is 11.5 Å². The fourth-order valence-corrected chi connectivity index (χ4v) is 4.76. The van der Waals surface area contributed by atoms with Gasteiger partial charge in [0.15, 0.2) is 19.8 Å². The first-order valence-corrected chi connectivity index (χ1v) is 13.3. The summed E-state index contributed by atoms with van der Waals surface area (Å²) in [4.78, 5) is 13.7. The highest BCUT2D eigenvalue weighted by Crippen LogP contribution is 2.39. The molecule has 0 spiro atoms. The van der Waals surface area contributed by atoms with Crippen LogP contribution in [0, 0.1) is 0 Å². The first-order chi connectivity index (χ1) is 13.7. The summed E-state index contributed by atoms with van der Waals surface area (Å²) in [6, 6.07) is 5.05. The molecule has 1 aliphatic heterocycles. The lowest BCUT2D eigenvalue weighted by atomic mass is 9.95. The number of hydrogen-bond donors (Lipinski definition) is 2. The molecule has 1 amide bonds. The third-order valence-electron chi connectivity index (χ3n) is 6.00. The molecule has 30 heavy (non-hydrogen) atoms. The van der Waals surface area contributed by atoms with Crippen LogP contribution in [0.15, 0.2) is 18.2 Å². The molecule has 0 saturated carbocycles. The molecular weight excluding hydrogens is 402 g/mol. The molecule has 2 atom stereocenters. The Bertz CT molecular complexity index is 753. The van der Waals surface area contributed by atoms with Gasteiger partial charge < -0.3 is 24.1 Å². The van der Waals surface area contributed by atoms with E-state index in [1.807, 2.05) is 39.0 Å². The molecule has 1 heterocycles. The van der Waals surface area contributed by atoms with Gasteiger partial charge >= 0.3 is 6.09 Å². The number of amides is 1. The van der Waals surface area contributed by atoms with Crippen LogP contribution in [0.4, 0.5) is 4.79 Å². The van der Waals surface area contributed by atoms with Crippen molar-refractivity contribution in [2.24, 2.45) is 0 Å². The van der Waals surface area contributed by atoms with Gasteiger partial charge in [0.25, 0.3) is 0 Å². The number of hydrogen-bond acceptors (Lipinski definition) is 5. The van der Waals surface area contributed by atoms with Crippen LogP contribution in [0.2, 0.25) is 18.1 Å². The number of aliphatic hydroxyl groups excluding tert-OH is 1. The molecule has 0 unspecified atom stereocenters. The van der Waals surface area contributed by atoms with E-state index in [-0.39, 0.29) is 18.4 Å². The van der Waals surface area contributed by atoms with Gasteiger partial charge in [-0.15, -0.1) is 0 Å². The molecule has 0 fully saturated rings. The van der Waals surface area contributed by atoms with E-state index in [0.717, 1.165) is 5.56 Å². The molecule has 170 valence electrons. The average Bonchev–Trinajstić information content (AvgIpc) is 3.04. The van der Waals surface area contributed by atoms with Crippen molar-refractivity contribution in [1.29, 1.82) is 0 Å². The van der Waals surface area contributed by atoms with Crippen molar-refractivity contribution in [3.63, 3.8) is 0 Å². The van der Waals surface area contributed by atoms with Gasteiger partial charge in [0.05, 0.1) is 18.8 Å². The fraction of sp³-hybridized carbons (Fsp3) is 0.682. The molecule has 7 nitrogen and oxygen atoms in total. The Labute approximate surface area is 181 Å². The summed E-state index contributed by atoms with van der Waals surface area (Å²) >= 11 is 0. The van der Waals surface area contributed by atoms with Crippen molar-refractivity contribution in [2.75, 3.05) is 13.4 Å².